The van der Waals surface area contributed by atoms with Crippen molar-refractivity contribution in [3.63, 3.8) is 0 Å². The summed E-state index contributed by atoms with van der Waals surface area (Å²) in [7, 11) is 1.59. The summed E-state index contributed by atoms with van der Waals surface area (Å²) < 4.78 is 7.19. The molecule has 2 aromatic carbocycles. The molecule has 0 aliphatic carbocycles. The fourth-order valence-electron chi connectivity index (χ4n) is 3.14. The monoisotopic (exact) mass is 395 g/mol. The summed E-state index contributed by atoms with van der Waals surface area (Å²) in [6, 6.07) is 15.3. The highest BCUT2D eigenvalue weighted by atomic mass is 32.2. The second-order valence-electron chi connectivity index (χ2n) is 6.61. The maximum Gasteiger partial charge on any atom is 0.240 e. The standard InChI is InChI=1S/C20H21N5O2S/c1-12-8-10-14(11-9-12)17-18(28-20-23-22-13(2)25(20)24-17)19(26)21-15-6-4-5-7-16(15)27-3/h4-11,17-18,24H,1-3H3,(H,21,26)/t17-,18+/m1/s1. The van der Waals surface area contributed by atoms with E-state index >= 15 is 0 Å². The number of ether oxygens (including phenoxy) is 1. The molecule has 0 fully saturated rings. The molecule has 2 N–H and O–H groups in total. The van der Waals surface area contributed by atoms with Crippen LogP contribution in [0, 0.1) is 13.8 Å². The highest BCUT2D eigenvalue weighted by Gasteiger charge is 2.37. The Morgan fingerprint density at radius 1 is 1.14 bits per heavy atom. The SMILES string of the molecule is COc1ccccc1NC(=O)[C@H]1Sc2nnc(C)n2N[C@@H]1c1ccc(C)cc1. The number of hydrogen-bond donors (Lipinski definition) is 2. The second kappa shape index (κ2) is 7.55. The van der Waals surface area contributed by atoms with Gasteiger partial charge in [0.05, 0.1) is 18.8 Å². The average molecular weight is 395 g/mol. The highest BCUT2D eigenvalue weighted by molar-refractivity contribution is 8.00. The van der Waals surface area contributed by atoms with Gasteiger partial charge in [-0.3, -0.25) is 4.79 Å². The first-order valence-corrected chi connectivity index (χ1v) is 9.80. The predicted octanol–water partition coefficient (Wildman–Crippen LogP) is 3.30. The Balaban J connectivity index is 1.67. The zero-order chi connectivity index (χ0) is 19.7. The smallest absolute Gasteiger partial charge is 0.240 e. The van der Waals surface area contributed by atoms with Gasteiger partial charge < -0.3 is 15.5 Å². The largest absolute Gasteiger partial charge is 0.495 e. The lowest BCUT2D eigenvalue weighted by Crippen LogP contribution is -2.41. The van der Waals surface area contributed by atoms with Crippen molar-refractivity contribution in [2.24, 2.45) is 0 Å². The lowest BCUT2D eigenvalue weighted by Gasteiger charge is -2.32. The number of aryl methyl sites for hydroxylation is 2. The first-order valence-electron chi connectivity index (χ1n) is 8.92. The maximum absolute atomic E-state index is 13.2. The number of methoxy groups -OCH3 is 1. The molecule has 2 atom stereocenters. The van der Waals surface area contributed by atoms with E-state index in [0.29, 0.717) is 16.6 Å². The van der Waals surface area contributed by atoms with Crippen LogP contribution in [0.2, 0.25) is 0 Å². The van der Waals surface area contributed by atoms with E-state index in [0.717, 1.165) is 11.4 Å². The summed E-state index contributed by atoms with van der Waals surface area (Å²) in [5, 5.41) is 11.5. The van der Waals surface area contributed by atoms with E-state index in [1.165, 1.54) is 17.3 Å². The van der Waals surface area contributed by atoms with Gasteiger partial charge in [-0.25, -0.2) is 4.68 Å². The van der Waals surface area contributed by atoms with Gasteiger partial charge in [0, 0.05) is 0 Å². The van der Waals surface area contributed by atoms with Crippen LogP contribution in [0.5, 0.6) is 5.75 Å². The molecule has 0 spiro atoms. The number of nitrogens with zero attached hydrogens (tertiary/aromatic N) is 3. The summed E-state index contributed by atoms with van der Waals surface area (Å²) in [6.07, 6.45) is 0. The number of rotatable bonds is 4. The molecule has 0 saturated heterocycles. The lowest BCUT2D eigenvalue weighted by atomic mass is 10.0. The molecular formula is C20H21N5O2S. The number of fused-ring (bicyclic) bond motifs is 1. The Bertz CT molecular complexity index is 1000. The molecule has 4 rings (SSSR count). The van der Waals surface area contributed by atoms with Crippen molar-refractivity contribution < 1.29 is 9.53 Å². The summed E-state index contributed by atoms with van der Waals surface area (Å²) in [5.41, 5.74) is 6.24. The molecule has 144 valence electrons. The minimum absolute atomic E-state index is 0.125. The summed E-state index contributed by atoms with van der Waals surface area (Å²) in [4.78, 5) is 13.2. The van der Waals surface area contributed by atoms with Gasteiger partial charge in [-0.1, -0.05) is 53.7 Å². The van der Waals surface area contributed by atoms with Crippen molar-refractivity contribution in [1.29, 1.82) is 0 Å². The summed E-state index contributed by atoms with van der Waals surface area (Å²) in [6.45, 7) is 3.92. The van der Waals surface area contributed by atoms with Crippen molar-refractivity contribution in [1.82, 2.24) is 14.9 Å². The molecule has 1 amide bonds. The molecule has 0 saturated carbocycles. The number of para-hydroxylation sites is 2. The van der Waals surface area contributed by atoms with E-state index in [4.69, 9.17) is 4.74 Å². The number of aromatic nitrogens is 3. The first-order chi connectivity index (χ1) is 13.6. The number of anilines is 1. The van der Waals surface area contributed by atoms with Crippen LogP contribution in [-0.4, -0.2) is 33.1 Å². The van der Waals surface area contributed by atoms with Gasteiger partial charge >= 0.3 is 0 Å². The van der Waals surface area contributed by atoms with Gasteiger partial charge in [-0.05, 0) is 31.5 Å². The fraction of sp³-hybridized carbons (Fsp3) is 0.250. The highest BCUT2D eigenvalue weighted by Crippen LogP contribution is 2.38. The van der Waals surface area contributed by atoms with Gasteiger partial charge in [0.15, 0.2) is 0 Å². The molecule has 2 heterocycles. The maximum atomic E-state index is 13.2. The number of benzene rings is 2. The molecule has 1 aliphatic rings. The molecule has 3 aromatic rings. The number of nitrogens with one attached hydrogen (secondary N) is 2. The van der Waals surface area contributed by atoms with E-state index in [1.54, 1.807) is 7.11 Å². The van der Waals surface area contributed by atoms with Gasteiger partial charge in [0.25, 0.3) is 0 Å². The van der Waals surface area contributed by atoms with E-state index in [1.807, 2.05) is 67.1 Å². The van der Waals surface area contributed by atoms with E-state index in [9.17, 15) is 4.79 Å². The predicted molar refractivity (Wildman–Crippen MR) is 109 cm³/mol. The van der Waals surface area contributed by atoms with E-state index in [2.05, 4.69) is 20.9 Å². The molecule has 28 heavy (non-hydrogen) atoms. The van der Waals surface area contributed by atoms with Crippen LogP contribution in [0.15, 0.2) is 53.7 Å². The first kappa shape index (κ1) is 18.4. The van der Waals surface area contributed by atoms with Crippen LogP contribution in [0.1, 0.15) is 23.0 Å². The van der Waals surface area contributed by atoms with Crippen LogP contribution in [0.3, 0.4) is 0 Å². The van der Waals surface area contributed by atoms with Crippen LogP contribution >= 0.6 is 11.8 Å². The zero-order valence-corrected chi connectivity index (χ0v) is 16.7. The molecular weight excluding hydrogens is 374 g/mol. The Labute approximate surface area is 167 Å². The number of amides is 1. The number of thioether (sulfide) groups is 1. The van der Waals surface area contributed by atoms with Gasteiger partial charge in [-0.2, -0.15) is 0 Å². The molecule has 7 nitrogen and oxygen atoms in total. The van der Waals surface area contributed by atoms with Crippen molar-refractivity contribution in [2.45, 2.75) is 30.3 Å². The normalized spacial score (nSPS) is 18.1. The van der Waals surface area contributed by atoms with E-state index in [-0.39, 0.29) is 11.9 Å². The van der Waals surface area contributed by atoms with Gasteiger partial charge in [0.2, 0.25) is 11.1 Å². The van der Waals surface area contributed by atoms with E-state index < -0.39 is 5.25 Å². The van der Waals surface area contributed by atoms with Gasteiger partial charge in [-0.15, -0.1) is 10.2 Å². The Morgan fingerprint density at radius 2 is 1.89 bits per heavy atom. The third-order valence-electron chi connectivity index (χ3n) is 4.66. The summed E-state index contributed by atoms with van der Waals surface area (Å²) >= 11 is 1.40. The van der Waals surface area contributed by atoms with Crippen molar-refractivity contribution in [2.75, 3.05) is 17.9 Å². The molecule has 1 aliphatic heterocycles. The Morgan fingerprint density at radius 3 is 2.64 bits per heavy atom. The Kier molecular flexibility index (Phi) is 4.95. The molecule has 0 radical (unpaired) electrons. The third-order valence-corrected chi connectivity index (χ3v) is 5.87. The quantitative estimate of drug-likeness (QED) is 0.706. The van der Waals surface area contributed by atoms with Gasteiger partial charge in [0.1, 0.15) is 16.8 Å². The lowest BCUT2D eigenvalue weighted by molar-refractivity contribution is -0.116. The minimum atomic E-state index is -0.427. The number of carbonyl (C=O) groups is 1. The average Bonchev–Trinajstić information content (AvgIpc) is 3.08. The van der Waals surface area contributed by atoms with Crippen molar-refractivity contribution in [3.8, 4) is 5.75 Å². The number of hydrogen-bond acceptors (Lipinski definition) is 6. The van der Waals surface area contributed by atoms with Crippen LogP contribution in [0.4, 0.5) is 5.69 Å². The third kappa shape index (κ3) is 3.43. The van der Waals surface area contributed by atoms with Crippen molar-refractivity contribution >= 4 is 23.4 Å². The van der Waals surface area contributed by atoms with Crippen LogP contribution in [-0.2, 0) is 4.79 Å². The summed E-state index contributed by atoms with van der Waals surface area (Å²) in [5.74, 6) is 1.25. The minimum Gasteiger partial charge on any atom is -0.495 e. The Hall–Kier alpha value is -3.00. The molecule has 8 heteroatoms. The van der Waals surface area contributed by atoms with Crippen molar-refractivity contribution in [3.05, 3.63) is 65.5 Å². The second-order valence-corrected chi connectivity index (χ2v) is 7.72. The number of carbonyl (C=O) groups excluding carboxylic acids is 1. The molecule has 0 bridgehead atoms. The topological polar surface area (TPSA) is 81.1 Å². The van der Waals surface area contributed by atoms with Crippen LogP contribution < -0.4 is 15.5 Å². The molecule has 1 aromatic heterocycles. The zero-order valence-electron chi connectivity index (χ0n) is 15.8. The van der Waals surface area contributed by atoms with Crippen LogP contribution in [0.25, 0.3) is 0 Å². The molecule has 0 unspecified atom stereocenters. The fourth-order valence-corrected chi connectivity index (χ4v) is 4.26.